The average Bonchev–Trinajstić information content (AvgIpc) is 2.77. The van der Waals surface area contributed by atoms with Crippen LogP contribution in [0.3, 0.4) is 0 Å². The zero-order valence-corrected chi connectivity index (χ0v) is 10.8. The average molecular weight is 257 g/mol. The third-order valence-corrected chi connectivity index (χ3v) is 3.07. The lowest BCUT2D eigenvalue weighted by molar-refractivity contribution is 0.0606. The molecule has 6 heteroatoms. The summed E-state index contributed by atoms with van der Waals surface area (Å²) >= 11 is 1.11. The fourth-order valence-corrected chi connectivity index (χ4v) is 2.08. The number of thiophene rings is 1. The van der Waals surface area contributed by atoms with Gasteiger partial charge in [-0.2, -0.15) is 0 Å². The number of hydrogen-bond donors (Lipinski definition) is 1. The summed E-state index contributed by atoms with van der Waals surface area (Å²) in [6.07, 6.45) is 0. The number of hydrogen-bond acceptors (Lipinski definition) is 5. The molecule has 0 aromatic carbocycles. The first kappa shape index (κ1) is 13.7. The number of amides is 1. The molecule has 0 saturated carbocycles. The van der Waals surface area contributed by atoms with Gasteiger partial charge in [-0.3, -0.25) is 4.79 Å². The van der Waals surface area contributed by atoms with Gasteiger partial charge in [0, 0.05) is 13.2 Å². The largest absolute Gasteiger partial charge is 0.465 e. The molecule has 0 aliphatic carbocycles. The number of esters is 1. The van der Waals surface area contributed by atoms with Gasteiger partial charge in [0.05, 0.1) is 18.6 Å². The molecule has 5 nitrogen and oxygen atoms in total. The minimum absolute atomic E-state index is 0.0730. The van der Waals surface area contributed by atoms with Crippen LogP contribution < -0.4 is 5.32 Å². The molecular weight excluding hydrogens is 242 g/mol. The van der Waals surface area contributed by atoms with Crippen molar-refractivity contribution in [1.82, 2.24) is 5.32 Å². The van der Waals surface area contributed by atoms with E-state index in [9.17, 15) is 9.59 Å². The van der Waals surface area contributed by atoms with Crippen molar-refractivity contribution in [3.8, 4) is 0 Å². The molecule has 1 rings (SSSR count). The molecule has 0 spiro atoms. The van der Waals surface area contributed by atoms with E-state index in [-0.39, 0.29) is 11.9 Å². The second-order valence-electron chi connectivity index (χ2n) is 3.49. The van der Waals surface area contributed by atoms with Crippen molar-refractivity contribution in [1.29, 1.82) is 0 Å². The molecule has 1 aromatic heterocycles. The molecule has 0 saturated heterocycles. The van der Waals surface area contributed by atoms with Gasteiger partial charge in [0.15, 0.2) is 0 Å². The van der Waals surface area contributed by atoms with E-state index in [1.165, 1.54) is 7.11 Å². The second kappa shape index (κ2) is 6.36. The monoisotopic (exact) mass is 257 g/mol. The normalized spacial score (nSPS) is 11.9. The van der Waals surface area contributed by atoms with Gasteiger partial charge in [-0.05, 0) is 19.1 Å². The number of ether oxygens (including phenoxy) is 2. The van der Waals surface area contributed by atoms with Crippen molar-refractivity contribution in [3.05, 3.63) is 21.9 Å². The molecular formula is C11H15NO4S. The summed E-state index contributed by atoms with van der Waals surface area (Å²) in [6, 6.07) is 3.11. The Kier molecular flexibility index (Phi) is 5.11. The molecule has 0 aliphatic heterocycles. The third-order valence-electron chi connectivity index (χ3n) is 2.01. The summed E-state index contributed by atoms with van der Waals surface area (Å²) in [4.78, 5) is 23.9. The highest BCUT2D eigenvalue weighted by Crippen LogP contribution is 2.17. The molecule has 1 N–H and O–H groups in total. The molecule has 1 heterocycles. The van der Waals surface area contributed by atoms with Gasteiger partial charge in [-0.15, -0.1) is 11.3 Å². The summed E-state index contributed by atoms with van der Waals surface area (Å²) in [5, 5.41) is 2.76. The predicted molar refractivity (Wildman–Crippen MR) is 64.5 cm³/mol. The molecule has 0 fully saturated rings. The van der Waals surface area contributed by atoms with Gasteiger partial charge in [-0.1, -0.05) is 0 Å². The summed E-state index contributed by atoms with van der Waals surface area (Å²) in [7, 11) is 2.88. The van der Waals surface area contributed by atoms with Crippen LogP contribution in [0.1, 0.15) is 26.3 Å². The van der Waals surface area contributed by atoms with E-state index in [1.807, 2.05) is 6.92 Å². The van der Waals surface area contributed by atoms with Crippen molar-refractivity contribution in [2.45, 2.75) is 13.0 Å². The number of methoxy groups -OCH3 is 2. The van der Waals surface area contributed by atoms with Crippen molar-refractivity contribution in [3.63, 3.8) is 0 Å². The molecule has 94 valence electrons. The Hall–Kier alpha value is -1.40. The van der Waals surface area contributed by atoms with Crippen LogP contribution in [0.5, 0.6) is 0 Å². The van der Waals surface area contributed by atoms with E-state index in [1.54, 1.807) is 19.2 Å². The zero-order valence-electron chi connectivity index (χ0n) is 9.98. The Balaban J connectivity index is 2.64. The summed E-state index contributed by atoms with van der Waals surface area (Å²) in [6.45, 7) is 2.29. The maximum absolute atomic E-state index is 11.7. The maximum atomic E-state index is 11.7. The molecule has 1 atom stereocenters. The Morgan fingerprint density at radius 1 is 1.35 bits per heavy atom. The Labute approximate surface area is 104 Å². The van der Waals surface area contributed by atoms with Crippen LogP contribution in [-0.2, 0) is 9.47 Å². The van der Waals surface area contributed by atoms with Gasteiger partial charge in [0.1, 0.15) is 4.88 Å². The molecule has 0 bridgehead atoms. The Morgan fingerprint density at radius 3 is 2.59 bits per heavy atom. The Bertz CT molecular complexity index is 402. The summed E-state index contributed by atoms with van der Waals surface area (Å²) < 4.78 is 9.48. The van der Waals surface area contributed by atoms with Crippen LogP contribution in [0.15, 0.2) is 12.1 Å². The maximum Gasteiger partial charge on any atom is 0.348 e. The van der Waals surface area contributed by atoms with Gasteiger partial charge in [0.2, 0.25) is 0 Å². The highest BCUT2D eigenvalue weighted by atomic mass is 32.1. The van der Waals surface area contributed by atoms with E-state index < -0.39 is 5.97 Å². The SMILES string of the molecule is COCC(C)NC(=O)c1ccc(C(=O)OC)s1. The first-order valence-electron chi connectivity index (χ1n) is 5.06. The third kappa shape index (κ3) is 3.83. The number of carbonyl (C=O) groups excluding carboxylic acids is 2. The Morgan fingerprint density at radius 2 is 2.00 bits per heavy atom. The lowest BCUT2D eigenvalue weighted by Crippen LogP contribution is -2.35. The van der Waals surface area contributed by atoms with Crippen LogP contribution in [0.4, 0.5) is 0 Å². The molecule has 1 amide bonds. The molecule has 0 aliphatic rings. The topological polar surface area (TPSA) is 64.6 Å². The highest BCUT2D eigenvalue weighted by Gasteiger charge is 2.15. The van der Waals surface area contributed by atoms with Gasteiger partial charge >= 0.3 is 5.97 Å². The van der Waals surface area contributed by atoms with Crippen LogP contribution in [0.2, 0.25) is 0 Å². The lowest BCUT2D eigenvalue weighted by atomic mass is 10.3. The van der Waals surface area contributed by atoms with E-state index in [0.29, 0.717) is 16.4 Å². The number of carbonyl (C=O) groups is 2. The van der Waals surface area contributed by atoms with E-state index in [4.69, 9.17) is 4.74 Å². The van der Waals surface area contributed by atoms with Gasteiger partial charge in [0.25, 0.3) is 5.91 Å². The summed E-state index contributed by atoms with van der Waals surface area (Å²) in [5.41, 5.74) is 0. The van der Waals surface area contributed by atoms with Gasteiger partial charge in [-0.25, -0.2) is 4.79 Å². The lowest BCUT2D eigenvalue weighted by Gasteiger charge is -2.11. The van der Waals surface area contributed by atoms with Gasteiger partial charge < -0.3 is 14.8 Å². The van der Waals surface area contributed by atoms with Crippen LogP contribution in [-0.4, -0.2) is 38.7 Å². The minimum Gasteiger partial charge on any atom is -0.465 e. The quantitative estimate of drug-likeness (QED) is 0.807. The second-order valence-corrected chi connectivity index (χ2v) is 4.57. The number of nitrogens with one attached hydrogen (secondary N) is 1. The molecule has 1 aromatic rings. The van der Waals surface area contributed by atoms with Crippen molar-refractivity contribution in [2.75, 3.05) is 20.8 Å². The standard InChI is InChI=1S/C11H15NO4S/c1-7(6-15-2)12-10(13)8-4-5-9(17-8)11(14)16-3/h4-5,7H,6H2,1-3H3,(H,12,13). The van der Waals surface area contributed by atoms with Crippen molar-refractivity contribution >= 4 is 23.2 Å². The van der Waals surface area contributed by atoms with Crippen molar-refractivity contribution in [2.24, 2.45) is 0 Å². The van der Waals surface area contributed by atoms with E-state index in [0.717, 1.165) is 11.3 Å². The molecule has 1 unspecified atom stereocenters. The van der Waals surface area contributed by atoms with E-state index >= 15 is 0 Å². The zero-order chi connectivity index (χ0) is 12.8. The molecule has 17 heavy (non-hydrogen) atoms. The first-order valence-corrected chi connectivity index (χ1v) is 5.88. The molecule has 0 radical (unpaired) electrons. The van der Waals surface area contributed by atoms with Crippen LogP contribution in [0.25, 0.3) is 0 Å². The van der Waals surface area contributed by atoms with Crippen LogP contribution >= 0.6 is 11.3 Å². The fraction of sp³-hybridized carbons (Fsp3) is 0.455. The first-order chi connectivity index (χ1) is 8.08. The van der Waals surface area contributed by atoms with E-state index in [2.05, 4.69) is 10.1 Å². The van der Waals surface area contributed by atoms with Crippen molar-refractivity contribution < 1.29 is 19.1 Å². The van der Waals surface area contributed by atoms with Crippen LogP contribution in [0, 0.1) is 0 Å². The smallest absolute Gasteiger partial charge is 0.348 e. The highest BCUT2D eigenvalue weighted by molar-refractivity contribution is 7.15. The predicted octanol–water partition coefficient (Wildman–Crippen LogP) is 1.30. The fourth-order valence-electron chi connectivity index (χ4n) is 1.26. The number of rotatable bonds is 5. The minimum atomic E-state index is -0.431. The summed E-state index contributed by atoms with van der Waals surface area (Å²) in [5.74, 6) is -0.645.